The molecule has 3 saturated carbocycles. The van der Waals surface area contributed by atoms with Gasteiger partial charge in [0.05, 0.1) is 31.3 Å². The van der Waals surface area contributed by atoms with Crippen LogP contribution in [0.3, 0.4) is 0 Å². The third-order valence-electron chi connectivity index (χ3n) is 10.1. The summed E-state index contributed by atoms with van der Waals surface area (Å²) < 4.78 is 37.7. The van der Waals surface area contributed by atoms with Crippen molar-refractivity contribution in [2.45, 2.75) is 133 Å². The van der Waals surface area contributed by atoms with Crippen LogP contribution in [0.5, 0.6) is 0 Å². The Bertz CT molecular complexity index is 1150. The van der Waals surface area contributed by atoms with E-state index in [-0.39, 0.29) is 48.7 Å². The minimum atomic E-state index is -3.89. The van der Waals surface area contributed by atoms with Gasteiger partial charge in [0.15, 0.2) is 0 Å². The molecule has 0 aliphatic heterocycles. The summed E-state index contributed by atoms with van der Waals surface area (Å²) in [4.78, 5) is 52.7. The highest BCUT2D eigenvalue weighted by molar-refractivity contribution is 7.88. The highest BCUT2D eigenvalue weighted by Crippen LogP contribution is 2.32. The number of methoxy groups -OCH3 is 2. The SMILES string of the molecule is COC1CCC(C(CC(=O)O)NC(=O)C(CC(=O)N(C)C2CCC(NC(=O)NC3CCCCC3C)CC2)NS(C)(=O)=O)CC1OC. The van der Waals surface area contributed by atoms with E-state index >= 15 is 0 Å². The summed E-state index contributed by atoms with van der Waals surface area (Å²) in [7, 11) is 0.892. The predicted octanol–water partition coefficient (Wildman–Crippen LogP) is 1.73. The largest absolute Gasteiger partial charge is 0.481 e. The number of ether oxygens (including phenoxy) is 2. The van der Waals surface area contributed by atoms with Crippen molar-refractivity contribution in [3.8, 4) is 0 Å². The molecular weight excluding hydrogens is 618 g/mol. The van der Waals surface area contributed by atoms with Gasteiger partial charge in [-0.15, -0.1) is 0 Å². The molecule has 3 fully saturated rings. The molecule has 7 atom stereocenters. The van der Waals surface area contributed by atoms with Crippen molar-refractivity contribution in [1.82, 2.24) is 25.6 Å². The van der Waals surface area contributed by atoms with Crippen molar-refractivity contribution < 1.29 is 42.2 Å². The smallest absolute Gasteiger partial charge is 0.315 e. The first-order chi connectivity index (χ1) is 21.7. The number of rotatable bonds is 14. The quantitative estimate of drug-likeness (QED) is 0.183. The van der Waals surface area contributed by atoms with Gasteiger partial charge in [-0.25, -0.2) is 17.9 Å². The molecule has 15 heteroatoms. The fourth-order valence-corrected chi connectivity index (χ4v) is 8.03. The van der Waals surface area contributed by atoms with Crippen LogP contribution < -0.4 is 20.7 Å². The van der Waals surface area contributed by atoms with Crippen molar-refractivity contribution in [1.29, 1.82) is 0 Å². The number of carboxylic acid groups (broad SMARTS) is 1. The molecule has 264 valence electrons. The summed E-state index contributed by atoms with van der Waals surface area (Å²) in [5.41, 5.74) is 0. The van der Waals surface area contributed by atoms with Gasteiger partial charge < -0.3 is 35.4 Å². The molecule has 3 aliphatic carbocycles. The van der Waals surface area contributed by atoms with Crippen molar-refractivity contribution >= 4 is 33.8 Å². The monoisotopic (exact) mass is 673 g/mol. The van der Waals surface area contributed by atoms with E-state index < -0.39 is 46.3 Å². The van der Waals surface area contributed by atoms with Gasteiger partial charge in [-0.05, 0) is 69.6 Å². The molecule has 0 aromatic heterocycles. The van der Waals surface area contributed by atoms with E-state index in [9.17, 15) is 32.7 Å². The van der Waals surface area contributed by atoms with Crippen LogP contribution in [-0.2, 0) is 33.9 Å². The number of carbonyl (C=O) groups is 4. The number of nitrogens with zero attached hydrogens (tertiary/aromatic N) is 1. The van der Waals surface area contributed by atoms with E-state index in [2.05, 4.69) is 27.6 Å². The maximum atomic E-state index is 13.5. The minimum Gasteiger partial charge on any atom is -0.481 e. The van der Waals surface area contributed by atoms with Gasteiger partial charge >= 0.3 is 12.0 Å². The van der Waals surface area contributed by atoms with E-state index in [0.29, 0.717) is 50.9 Å². The van der Waals surface area contributed by atoms with Crippen LogP contribution in [0.2, 0.25) is 0 Å². The lowest BCUT2D eigenvalue weighted by molar-refractivity contribution is -0.140. The molecule has 14 nitrogen and oxygen atoms in total. The number of carbonyl (C=O) groups excluding carboxylic acids is 3. The number of carboxylic acids is 1. The van der Waals surface area contributed by atoms with E-state index in [0.717, 1.165) is 25.5 Å². The molecule has 7 unspecified atom stereocenters. The number of sulfonamides is 1. The highest BCUT2D eigenvalue weighted by atomic mass is 32.2. The van der Waals surface area contributed by atoms with E-state index in [1.807, 2.05) is 0 Å². The second-order valence-corrected chi connectivity index (χ2v) is 15.3. The zero-order valence-electron chi connectivity index (χ0n) is 28.0. The topological polar surface area (TPSA) is 192 Å². The van der Waals surface area contributed by atoms with Crippen molar-refractivity contribution in [3.05, 3.63) is 0 Å². The fraction of sp³-hybridized carbons (Fsp3) is 0.871. The van der Waals surface area contributed by atoms with Gasteiger partial charge in [-0.1, -0.05) is 19.8 Å². The van der Waals surface area contributed by atoms with Gasteiger partial charge in [-0.2, -0.15) is 0 Å². The van der Waals surface area contributed by atoms with Crippen molar-refractivity contribution in [2.75, 3.05) is 27.5 Å². The van der Waals surface area contributed by atoms with Crippen molar-refractivity contribution in [2.24, 2.45) is 11.8 Å². The summed E-state index contributed by atoms with van der Waals surface area (Å²) in [5.74, 6) is -2.06. The summed E-state index contributed by atoms with van der Waals surface area (Å²) in [6.45, 7) is 2.17. The Kier molecular flexibility index (Phi) is 14.5. The lowest BCUT2D eigenvalue weighted by atomic mass is 9.79. The Morgan fingerprint density at radius 2 is 1.54 bits per heavy atom. The number of urea groups is 1. The summed E-state index contributed by atoms with van der Waals surface area (Å²) in [6, 6.07) is -2.32. The maximum Gasteiger partial charge on any atom is 0.315 e. The van der Waals surface area contributed by atoms with Crippen LogP contribution in [0.4, 0.5) is 4.79 Å². The van der Waals surface area contributed by atoms with Crippen LogP contribution in [0.15, 0.2) is 0 Å². The molecule has 0 aromatic rings. The molecule has 0 radical (unpaired) electrons. The average molecular weight is 674 g/mol. The van der Waals surface area contributed by atoms with Gasteiger partial charge in [0.1, 0.15) is 6.04 Å². The zero-order chi connectivity index (χ0) is 34.0. The molecular formula is C31H55N5O9S. The first-order valence-electron chi connectivity index (χ1n) is 16.6. The number of hydrogen-bond acceptors (Lipinski definition) is 8. The molecule has 0 heterocycles. The Hall–Kier alpha value is -2.49. The Morgan fingerprint density at radius 3 is 2.13 bits per heavy atom. The maximum absolute atomic E-state index is 13.5. The van der Waals surface area contributed by atoms with E-state index in [4.69, 9.17) is 9.47 Å². The predicted molar refractivity (Wildman–Crippen MR) is 171 cm³/mol. The van der Waals surface area contributed by atoms with Crippen LogP contribution in [-0.4, -0.2) is 112 Å². The molecule has 3 rings (SSSR count). The lowest BCUT2D eigenvalue weighted by Crippen LogP contribution is -2.55. The van der Waals surface area contributed by atoms with Gasteiger partial charge in [0.2, 0.25) is 21.8 Å². The average Bonchev–Trinajstić information content (AvgIpc) is 3.00. The molecule has 0 aromatic carbocycles. The van der Waals surface area contributed by atoms with Crippen molar-refractivity contribution in [3.63, 3.8) is 0 Å². The second kappa shape index (κ2) is 17.6. The molecule has 46 heavy (non-hydrogen) atoms. The first kappa shape index (κ1) is 38.0. The van der Waals surface area contributed by atoms with Gasteiger partial charge in [-0.3, -0.25) is 14.4 Å². The summed E-state index contributed by atoms with van der Waals surface area (Å²) >= 11 is 0. The standard InChI is InChI=1S/C31H55N5O9S/c1-19-8-6-7-9-23(19)34-31(41)32-21-11-13-22(14-12-21)36(2)28(37)17-25(35-46(5,42)43)30(40)33-24(18-29(38)39)20-10-15-26(44-3)27(16-20)45-4/h19-27,35H,6-18H2,1-5H3,(H,33,40)(H,38,39)(H2,32,34,41). The molecule has 4 amide bonds. The third kappa shape index (κ3) is 11.6. The van der Waals surface area contributed by atoms with E-state index in [1.165, 1.54) is 6.42 Å². The molecule has 3 aliphatic rings. The molecule has 0 bridgehead atoms. The van der Waals surface area contributed by atoms with Gasteiger partial charge in [0, 0.05) is 45.4 Å². The molecule has 5 N–H and O–H groups in total. The zero-order valence-corrected chi connectivity index (χ0v) is 28.8. The lowest BCUT2D eigenvalue weighted by Gasteiger charge is -2.38. The Balaban J connectivity index is 1.57. The van der Waals surface area contributed by atoms with Gasteiger partial charge in [0.25, 0.3) is 0 Å². The van der Waals surface area contributed by atoms with Crippen LogP contribution in [0.25, 0.3) is 0 Å². The Morgan fingerprint density at radius 1 is 0.891 bits per heavy atom. The summed E-state index contributed by atoms with van der Waals surface area (Å²) in [6.07, 6.45) is 8.44. The normalized spacial score (nSPS) is 30.0. The third-order valence-corrected chi connectivity index (χ3v) is 10.8. The number of aliphatic carboxylic acids is 1. The Labute approximate surface area is 273 Å². The second-order valence-electron chi connectivity index (χ2n) is 13.5. The number of hydrogen-bond donors (Lipinski definition) is 5. The van der Waals surface area contributed by atoms with Crippen LogP contribution in [0, 0.1) is 11.8 Å². The first-order valence-corrected chi connectivity index (χ1v) is 18.5. The fourth-order valence-electron chi connectivity index (χ4n) is 7.32. The number of amides is 4. The molecule has 0 saturated heterocycles. The molecule has 0 spiro atoms. The summed E-state index contributed by atoms with van der Waals surface area (Å²) in [5, 5.41) is 18.5. The number of nitrogens with one attached hydrogen (secondary N) is 4. The minimum absolute atomic E-state index is 0.00749. The van der Waals surface area contributed by atoms with E-state index in [1.54, 1.807) is 26.2 Å². The van der Waals surface area contributed by atoms with Crippen LogP contribution in [0.1, 0.15) is 90.4 Å². The van der Waals surface area contributed by atoms with Crippen LogP contribution >= 0.6 is 0 Å². The highest BCUT2D eigenvalue weighted by Gasteiger charge is 2.38.